The Morgan fingerprint density at radius 1 is 0.959 bits per heavy atom. The van der Waals surface area contributed by atoms with E-state index in [2.05, 4.69) is 19.4 Å². The Labute approximate surface area is 281 Å². The third-order valence-corrected chi connectivity index (χ3v) is 9.19. The van der Waals surface area contributed by atoms with Gasteiger partial charge in [-0.3, -0.25) is 19.2 Å². The maximum absolute atomic E-state index is 13.2. The van der Waals surface area contributed by atoms with E-state index in [9.17, 15) is 22.8 Å². The number of anilines is 1. The maximum Gasteiger partial charge on any atom is 0.439 e. The Morgan fingerprint density at radius 2 is 1.67 bits per heavy atom. The third kappa shape index (κ3) is 8.41. The Hall–Kier alpha value is -5.73. The van der Waals surface area contributed by atoms with Crippen molar-refractivity contribution in [2.75, 3.05) is 18.1 Å². The number of esters is 1. The number of aromatic nitrogens is 2. The monoisotopic (exact) mass is 684 g/mol. The first-order valence-electron chi connectivity index (χ1n) is 15.3. The van der Waals surface area contributed by atoms with Crippen LogP contribution in [-0.2, 0) is 37.3 Å². The van der Waals surface area contributed by atoms with Gasteiger partial charge in [-0.25, -0.2) is 18.0 Å². The van der Waals surface area contributed by atoms with Gasteiger partial charge >= 0.3 is 17.8 Å². The van der Waals surface area contributed by atoms with Crippen LogP contribution in [0.25, 0.3) is 11.4 Å². The summed E-state index contributed by atoms with van der Waals surface area (Å²) >= 11 is 0. The molecular formula is C35H32N4O9S. The summed E-state index contributed by atoms with van der Waals surface area (Å²) in [5, 5.41) is 3.65. The minimum absolute atomic E-state index is 0.00544. The average molecular weight is 685 g/mol. The summed E-state index contributed by atoms with van der Waals surface area (Å²) in [7, 11) is -4.03. The zero-order chi connectivity index (χ0) is 34.4. The fourth-order valence-electron chi connectivity index (χ4n) is 5.09. The highest BCUT2D eigenvalue weighted by Gasteiger charge is 2.33. The number of aryl methyl sites for hydroxylation is 1. The molecule has 6 rings (SSSR count). The molecule has 2 atom stereocenters. The Bertz CT molecular complexity index is 2060. The van der Waals surface area contributed by atoms with Crippen molar-refractivity contribution in [2.45, 2.75) is 37.0 Å². The van der Waals surface area contributed by atoms with E-state index in [0.29, 0.717) is 22.6 Å². The number of nitrogens with zero attached hydrogens (tertiary/aromatic N) is 2. The Morgan fingerprint density at radius 3 is 2.35 bits per heavy atom. The molecule has 14 heteroatoms. The van der Waals surface area contributed by atoms with Crippen molar-refractivity contribution in [1.82, 2.24) is 14.9 Å². The van der Waals surface area contributed by atoms with E-state index in [1.807, 2.05) is 37.3 Å². The van der Waals surface area contributed by atoms with Crippen LogP contribution < -0.4 is 20.1 Å². The normalized spacial score (nSPS) is 15.1. The number of benzene rings is 4. The van der Waals surface area contributed by atoms with E-state index in [4.69, 9.17) is 14.2 Å². The van der Waals surface area contributed by atoms with Crippen molar-refractivity contribution in [3.05, 3.63) is 130 Å². The van der Waals surface area contributed by atoms with E-state index in [1.165, 1.54) is 17.0 Å². The number of carbonyl (C=O) groups is 2. The SMILES string of the molecule is Cc1ccc(S(=O)(=O)NC(Cc2ccc(OCC3CN(c4ccc(-c5noc(=O)[nH]5)cc4)C(=O)O3)cc2)C(=O)OCc2ccccc2)cc1. The van der Waals surface area contributed by atoms with Crippen LogP contribution >= 0.6 is 0 Å². The number of carbonyl (C=O) groups excluding carboxylic acids is 2. The molecule has 5 aromatic rings. The van der Waals surface area contributed by atoms with E-state index >= 15 is 0 Å². The number of cyclic esters (lactones) is 1. The standard InChI is InChI=1S/C35H32N4O9S/c1-23-7-17-30(18-8-23)49(43,44)38-31(33(40)46-21-25-5-3-2-4-6-25)19-24-9-15-28(16-10-24)45-22-29-20-39(35(42)47-29)27-13-11-26(12-14-27)32-36-34(41)48-37-32/h2-18,29,31,38H,19-22H2,1H3,(H,36,37,41). The second-order valence-corrected chi connectivity index (χ2v) is 13.1. The number of nitrogens with one attached hydrogen (secondary N) is 2. The number of sulfonamides is 1. The molecular weight excluding hydrogens is 652 g/mol. The van der Waals surface area contributed by atoms with Crippen LogP contribution in [0.4, 0.5) is 10.5 Å². The van der Waals surface area contributed by atoms with E-state index in [0.717, 1.165) is 11.1 Å². The summed E-state index contributed by atoms with van der Waals surface area (Å²) in [5.74, 6) is -0.604. The maximum atomic E-state index is 13.2. The molecule has 49 heavy (non-hydrogen) atoms. The highest BCUT2D eigenvalue weighted by Crippen LogP contribution is 2.25. The zero-order valence-corrected chi connectivity index (χ0v) is 27.1. The van der Waals surface area contributed by atoms with Crippen molar-refractivity contribution in [2.24, 2.45) is 0 Å². The molecule has 252 valence electrons. The first-order valence-corrected chi connectivity index (χ1v) is 16.8. The van der Waals surface area contributed by atoms with Crippen molar-refractivity contribution in [3.8, 4) is 17.1 Å². The molecule has 0 radical (unpaired) electrons. The van der Waals surface area contributed by atoms with Crippen LogP contribution in [0.3, 0.4) is 0 Å². The molecule has 0 spiro atoms. The van der Waals surface area contributed by atoms with E-state index in [-0.39, 0.29) is 36.9 Å². The molecule has 1 aliphatic rings. The van der Waals surface area contributed by atoms with Gasteiger partial charge in [-0.05, 0) is 73.0 Å². The Kier molecular flexibility index (Phi) is 9.87. The second kappa shape index (κ2) is 14.6. The van der Waals surface area contributed by atoms with E-state index in [1.54, 1.807) is 60.7 Å². The predicted octanol–water partition coefficient (Wildman–Crippen LogP) is 4.38. The highest BCUT2D eigenvalue weighted by molar-refractivity contribution is 7.89. The van der Waals surface area contributed by atoms with Crippen LogP contribution in [0.5, 0.6) is 5.75 Å². The molecule has 0 aliphatic carbocycles. The van der Waals surface area contributed by atoms with Gasteiger partial charge in [0, 0.05) is 11.3 Å². The first-order chi connectivity index (χ1) is 23.6. The van der Waals surface area contributed by atoms with Gasteiger partial charge in [-0.15, -0.1) is 0 Å². The first kappa shape index (κ1) is 33.2. The molecule has 0 saturated carbocycles. The van der Waals surface area contributed by atoms with Gasteiger partial charge in [0.1, 0.15) is 25.0 Å². The topological polar surface area (TPSA) is 170 Å². The lowest BCUT2D eigenvalue weighted by atomic mass is 10.1. The van der Waals surface area contributed by atoms with Crippen molar-refractivity contribution in [3.63, 3.8) is 0 Å². The molecule has 1 aromatic heterocycles. The summed E-state index contributed by atoms with van der Waals surface area (Å²) in [5.41, 5.74) is 3.55. The van der Waals surface area contributed by atoms with Gasteiger partial charge in [-0.2, -0.15) is 4.72 Å². The van der Waals surface area contributed by atoms with Gasteiger partial charge in [0.05, 0.1) is 11.4 Å². The van der Waals surface area contributed by atoms with Crippen LogP contribution in [0.15, 0.2) is 117 Å². The number of hydrogen-bond donors (Lipinski definition) is 2. The van der Waals surface area contributed by atoms with Gasteiger partial charge < -0.3 is 14.2 Å². The lowest BCUT2D eigenvalue weighted by molar-refractivity contribution is -0.147. The lowest BCUT2D eigenvalue weighted by Gasteiger charge is -2.18. The highest BCUT2D eigenvalue weighted by atomic mass is 32.2. The molecule has 1 fully saturated rings. The van der Waals surface area contributed by atoms with Crippen molar-refractivity contribution >= 4 is 27.8 Å². The fourth-order valence-corrected chi connectivity index (χ4v) is 6.28. The van der Waals surface area contributed by atoms with Crippen LogP contribution in [0, 0.1) is 6.92 Å². The van der Waals surface area contributed by atoms with Crippen molar-refractivity contribution < 1.29 is 36.7 Å². The number of amides is 1. The Balaban J connectivity index is 1.07. The number of ether oxygens (including phenoxy) is 3. The largest absolute Gasteiger partial charge is 0.490 e. The predicted molar refractivity (Wildman–Crippen MR) is 177 cm³/mol. The average Bonchev–Trinajstić information content (AvgIpc) is 3.72. The summed E-state index contributed by atoms with van der Waals surface area (Å²) in [6.45, 7) is 2.19. The summed E-state index contributed by atoms with van der Waals surface area (Å²) in [6.07, 6.45) is -1.04. The quantitative estimate of drug-likeness (QED) is 0.170. The molecule has 1 amide bonds. The van der Waals surface area contributed by atoms with Gasteiger partial charge in [-0.1, -0.05) is 65.3 Å². The van der Waals surface area contributed by atoms with Gasteiger partial charge in [0.25, 0.3) is 0 Å². The van der Waals surface area contributed by atoms with Gasteiger partial charge in [0.2, 0.25) is 10.0 Å². The minimum Gasteiger partial charge on any atom is -0.490 e. The third-order valence-electron chi connectivity index (χ3n) is 7.70. The number of H-pyrrole nitrogens is 1. The number of rotatable bonds is 13. The molecule has 2 unspecified atom stereocenters. The minimum atomic E-state index is -4.03. The van der Waals surface area contributed by atoms with Crippen LogP contribution in [-0.4, -0.2) is 55.9 Å². The lowest BCUT2D eigenvalue weighted by Crippen LogP contribution is -2.43. The molecule has 2 heterocycles. The molecule has 0 bridgehead atoms. The van der Waals surface area contributed by atoms with Crippen LogP contribution in [0.2, 0.25) is 0 Å². The van der Waals surface area contributed by atoms with Gasteiger partial charge in [0.15, 0.2) is 11.9 Å². The smallest absolute Gasteiger partial charge is 0.439 e. The molecule has 2 N–H and O–H groups in total. The summed E-state index contributed by atoms with van der Waals surface area (Å²) in [4.78, 5) is 41.0. The molecule has 1 saturated heterocycles. The second-order valence-electron chi connectivity index (χ2n) is 11.3. The van der Waals surface area contributed by atoms with Crippen LogP contribution in [0.1, 0.15) is 16.7 Å². The van der Waals surface area contributed by atoms with Crippen molar-refractivity contribution in [1.29, 1.82) is 0 Å². The number of hydrogen-bond acceptors (Lipinski definition) is 10. The number of aromatic amines is 1. The fraction of sp³-hybridized carbons (Fsp3) is 0.200. The molecule has 1 aliphatic heterocycles. The summed E-state index contributed by atoms with van der Waals surface area (Å²) < 4.78 is 50.3. The summed E-state index contributed by atoms with van der Waals surface area (Å²) in [6, 6.07) is 27.9. The molecule has 13 nitrogen and oxygen atoms in total. The van der Waals surface area contributed by atoms with E-state index < -0.39 is 40.0 Å². The zero-order valence-electron chi connectivity index (χ0n) is 26.3. The molecule has 4 aromatic carbocycles.